The van der Waals surface area contributed by atoms with E-state index in [1.54, 1.807) is 11.3 Å². The van der Waals surface area contributed by atoms with Crippen molar-refractivity contribution in [2.24, 2.45) is 0 Å². The van der Waals surface area contributed by atoms with Gasteiger partial charge in [-0.3, -0.25) is 4.79 Å². The highest BCUT2D eigenvalue weighted by Gasteiger charge is 2.28. The third kappa shape index (κ3) is 2.93. The topological polar surface area (TPSA) is 51.2 Å². The highest BCUT2D eigenvalue weighted by molar-refractivity contribution is 7.11. The number of carbonyl (C=O) groups excluding carboxylic acids is 1. The van der Waals surface area contributed by atoms with Crippen molar-refractivity contribution in [2.75, 3.05) is 5.32 Å². The minimum absolute atomic E-state index is 0.0419. The molecular weight excluding hydrogens is 284 g/mol. The number of benzene rings is 1. The van der Waals surface area contributed by atoms with Crippen molar-refractivity contribution >= 4 is 22.9 Å². The van der Waals surface area contributed by atoms with Crippen molar-refractivity contribution < 1.29 is 9.53 Å². The Kier molecular flexibility index (Phi) is 3.68. The first-order valence-electron chi connectivity index (χ1n) is 7.05. The van der Waals surface area contributed by atoms with Gasteiger partial charge in [-0.1, -0.05) is 6.07 Å². The fraction of sp³-hybridized carbons (Fsp3) is 0.375. The van der Waals surface area contributed by atoms with Gasteiger partial charge in [0.1, 0.15) is 5.75 Å². The van der Waals surface area contributed by atoms with Gasteiger partial charge in [-0.15, -0.1) is 11.3 Å². The van der Waals surface area contributed by atoms with Gasteiger partial charge in [0.2, 0.25) is 5.91 Å². The fourth-order valence-corrected chi connectivity index (χ4v) is 3.49. The smallest absolute Gasteiger partial charge is 0.225 e. The van der Waals surface area contributed by atoms with Crippen LogP contribution >= 0.6 is 11.3 Å². The molecule has 0 spiro atoms. The van der Waals surface area contributed by atoms with Gasteiger partial charge >= 0.3 is 0 Å². The first kappa shape index (κ1) is 14.1. The van der Waals surface area contributed by atoms with Crippen LogP contribution in [0.4, 0.5) is 5.69 Å². The summed E-state index contributed by atoms with van der Waals surface area (Å²) in [4.78, 5) is 17.4. The van der Waals surface area contributed by atoms with Crippen LogP contribution in [0.5, 0.6) is 5.75 Å². The van der Waals surface area contributed by atoms with E-state index in [1.807, 2.05) is 45.2 Å². The van der Waals surface area contributed by atoms with Gasteiger partial charge in [0.25, 0.3) is 0 Å². The first-order valence-corrected chi connectivity index (χ1v) is 7.87. The number of thiazole rings is 1. The summed E-state index contributed by atoms with van der Waals surface area (Å²) < 4.78 is 5.70. The molecule has 1 aromatic carbocycles. The molecule has 1 unspecified atom stereocenters. The van der Waals surface area contributed by atoms with Crippen LogP contribution in [0, 0.1) is 6.92 Å². The SMILES string of the molecule is Cc1ncc(C2CC(=O)Nc3cc(OC(C)C)ccc32)s1. The van der Waals surface area contributed by atoms with Crippen molar-refractivity contribution in [3.63, 3.8) is 0 Å². The summed E-state index contributed by atoms with van der Waals surface area (Å²) in [6.45, 7) is 5.96. The number of nitrogens with zero attached hydrogens (tertiary/aromatic N) is 1. The molecule has 1 atom stereocenters. The number of nitrogens with one attached hydrogen (secondary N) is 1. The maximum atomic E-state index is 12.0. The summed E-state index contributed by atoms with van der Waals surface area (Å²) in [5, 5.41) is 3.97. The Hall–Kier alpha value is -1.88. The Balaban J connectivity index is 1.99. The molecule has 4 nitrogen and oxygen atoms in total. The number of fused-ring (bicyclic) bond motifs is 1. The monoisotopic (exact) mass is 302 g/mol. The number of aryl methyl sites for hydroxylation is 1. The number of rotatable bonds is 3. The summed E-state index contributed by atoms with van der Waals surface area (Å²) in [6, 6.07) is 5.93. The zero-order valence-corrected chi connectivity index (χ0v) is 13.2. The largest absolute Gasteiger partial charge is 0.491 e. The molecule has 1 aliphatic heterocycles. The van der Waals surface area contributed by atoms with E-state index in [2.05, 4.69) is 10.3 Å². The second-order valence-corrected chi connectivity index (χ2v) is 6.77. The van der Waals surface area contributed by atoms with Crippen molar-refractivity contribution in [3.05, 3.63) is 39.8 Å². The van der Waals surface area contributed by atoms with E-state index in [1.165, 1.54) is 0 Å². The molecule has 1 aromatic heterocycles. The highest BCUT2D eigenvalue weighted by Crippen LogP contribution is 2.40. The van der Waals surface area contributed by atoms with Crippen LogP contribution in [0.2, 0.25) is 0 Å². The van der Waals surface area contributed by atoms with E-state index in [9.17, 15) is 4.79 Å². The first-order chi connectivity index (χ1) is 10.0. The molecule has 0 aliphatic carbocycles. The van der Waals surface area contributed by atoms with Crippen LogP contribution in [-0.4, -0.2) is 17.0 Å². The molecule has 1 aliphatic rings. The average Bonchev–Trinajstić information content (AvgIpc) is 2.83. The molecule has 3 rings (SSSR count). The quantitative estimate of drug-likeness (QED) is 0.940. The van der Waals surface area contributed by atoms with Crippen LogP contribution < -0.4 is 10.1 Å². The van der Waals surface area contributed by atoms with Crippen molar-refractivity contribution in [1.29, 1.82) is 0 Å². The molecule has 0 radical (unpaired) electrons. The molecular formula is C16H18N2O2S. The van der Waals surface area contributed by atoms with E-state index >= 15 is 0 Å². The number of anilines is 1. The molecule has 0 fully saturated rings. The zero-order chi connectivity index (χ0) is 15.0. The number of amides is 1. The second kappa shape index (κ2) is 5.48. The third-order valence-corrected chi connectivity index (χ3v) is 4.44. The van der Waals surface area contributed by atoms with Gasteiger partial charge in [-0.25, -0.2) is 4.98 Å². The lowest BCUT2D eigenvalue weighted by Gasteiger charge is -2.25. The maximum absolute atomic E-state index is 12.0. The lowest BCUT2D eigenvalue weighted by molar-refractivity contribution is -0.116. The number of carbonyl (C=O) groups is 1. The summed E-state index contributed by atoms with van der Waals surface area (Å²) in [6.07, 6.45) is 2.47. The molecule has 2 heterocycles. The summed E-state index contributed by atoms with van der Waals surface area (Å²) in [7, 11) is 0. The minimum Gasteiger partial charge on any atom is -0.491 e. The fourth-order valence-electron chi connectivity index (χ4n) is 2.58. The van der Waals surface area contributed by atoms with Gasteiger partial charge in [0.05, 0.1) is 11.1 Å². The minimum atomic E-state index is 0.0419. The number of hydrogen-bond donors (Lipinski definition) is 1. The summed E-state index contributed by atoms with van der Waals surface area (Å²) in [5.74, 6) is 0.915. The van der Waals surface area contributed by atoms with Crippen molar-refractivity contribution in [1.82, 2.24) is 4.98 Å². The third-order valence-electron chi connectivity index (χ3n) is 3.42. The van der Waals surface area contributed by atoms with Crippen LogP contribution in [-0.2, 0) is 4.79 Å². The van der Waals surface area contributed by atoms with Gasteiger partial charge in [0.15, 0.2) is 0 Å². The average molecular weight is 302 g/mol. The van der Waals surface area contributed by atoms with Gasteiger partial charge < -0.3 is 10.1 Å². The number of aromatic nitrogens is 1. The normalized spacial score (nSPS) is 17.5. The predicted octanol–water partition coefficient (Wildman–Crippen LogP) is 3.71. The van der Waals surface area contributed by atoms with Gasteiger partial charge in [-0.2, -0.15) is 0 Å². The lowest BCUT2D eigenvalue weighted by atomic mass is 9.89. The molecule has 0 saturated heterocycles. The highest BCUT2D eigenvalue weighted by atomic mass is 32.1. The van der Waals surface area contributed by atoms with Crippen molar-refractivity contribution in [2.45, 2.75) is 39.2 Å². The van der Waals surface area contributed by atoms with E-state index in [4.69, 9.17) is 4.74 Å². The molecule has 0 saturated carbocycles. The Morgan fingerprint density at radius 1 is 1.43 bits per heavy atom. The standard InChI is InChI=1S/C16H18N2O2S/c1-9(2)20-11-4-5-12-13(15-8-17-10(3)21-15)7-16(19)18-14(12)6-11/h4-6,8-9,13H,7H2,1-3H3,(H,18,19). The van der Waals surface area contributed by atoms with E-state index in [0.717, 1.165) is 26.9 Å². The van der Waals surface area contributed by atoms with Crippen LogP contribution in [0.25, 0.3) is 0 Å². The Labute approximate surface area is 128 Å². The molecule has 21 heavy (non-hydrogen) atoms. The van der Waals surface area contributed by atoms with Crippen molar-refractivity contribution in [3.8, 4) is 5.75 Å². The van der Waals surface area contributed by atoms with E-state index in [0.29, 0.717) is 6.42 Å². The van der Waals surface area contributed by atoms with Crippen LogP contribution in [0.1, 0.15) is 41.6 Å². The number of hydrogen-bond acceptors (Lipinski definition) is 4. The van der Waals surface area contributed by atoms with Gasteiger partial charge in [0, 0.05) is 35.2 Å². The van der Waals surface area contributed by atoms with Crippen LogP contribution in [0.15, 0.2) is 24.4 Å². The maximum Gasteiger partial charge on any atom is 0.225 e. The second-order valence-electron chi connectivity index (χ2n) is 5.50. The summed E-state index contributed by atoms with van der Waals surface area (Å²) in [5.41, 5.74) is 1.98. The molecule has 2 aromatic rings. The van der Waals surface area contributed by atoms with Crippen LogP contribution in [0.3, 0.4) is 0 Å². The molecule has 1 N–H and O–H groups in total. The van der Waals surface area contributed by atoms with Gasteiger partial charge in [-0.05, 0) is 32.4 Å². The predicted molar refractivity (Wildman–Crippen MR) is 84.1 cm³/mol. The molecule has 1 amide bonds. The Morgan fingerprint density at radius 3 is 2.90 bits per heavy atom. The van der Waals surface area contributed by atoms with E-state index < -0.39 is 0 Å². The number of ether oxygens (including phenoxy) is 1. The molecule has 5 heteroatoms. The molecule has 110 valence electrons. The Morgan fingerprint density at radius 2 is 2.24 bits per heavy atom. The van der Waals surface area contributed by atoms with E-state index in [-0.39, 0.29) is 17.9 Å². The zero-order valence-electron chi connectivity index (χ0n) is 12.3. The lowest BCUT2D eigenvalue weighted by Crippen LogP contribution is -2.23. The Bertz CT molecular complexity index is 679. The molecule has 0 bridgehead atoms. The summed E-state index contributed by atoms with van der Waals surface area (Å²) >= 11 is 1.65.